The van der Waals surface area contributed by atoms with Gasteiger partial charge in [-0.25, -0.2) is 0 Å². The summed E-state index contributed by atoms with van der Waals surface area (Å²) < 4.78 is 2.05. The molecule has 1 saturated heterocycles. The molecular weight excluding hydrogens is 308 g/mol. The van der Waals surface area contributed by atoms with Gasteiger partial charge in [-0.3, -0.25) is 9.58 Å². The fourth-order valence-electron chi connectivity index (χ4n) is 3.18. The molecule has 1 N–H and O–H groups in total. The number of halogens is 1. The number of hydrogen-bond donors (Lipinski definition) is 1. The van der Waals surface area contributed by atoms with Gasteiger partial charge in [-0.05, 0) is 17.5 Å². The molecule has 0 aliphatic carbocycles. The van der Waals surface area contributed by atoms with Gasteiger partial charge in [0.1, 0.15) is 0 Å². The topological polar surface area (TPSA) is 33.1 Å². The summed E-state index contributed by atoms with van der Waals surface area (Å²) in [6, 6.07) is 8.47. The van der Waals surface area contributed by atoms with E-state index < -0.39 is 0 Å². The second-order valence-electron chi connectivity index (χ2n) is 6.68. The van der Waals surface area contributed by atoms with Crippen molar-refractivity contribution in [2.24, 2.45) is 5.92 Å². The first-order valence-corrected chi connectivity index (χ1v) is 8.72. The van der Waals surface area contributed by atoms with Gasteiger partial charge in [0.15, 0.2) is 0 Å². The zero-order chi connectivity index (χ0) is 16.2. The lowest BCUT2D eigenvalue weighted by atomic mass is 10.0. The maximum atomic E-state index is 6.42. The molecule has 1 aliphatic rings. The van der Waals surface area contributed by atoms with Gasteiger partial charge in [0.05, 0.1) is 6.20 Å². The first-order valence-electron chi connectivity index (χ1n) is 8.34. The molecule has 1 aromatic heterocycles. The lowest BCUT2D eigenvalue weighted by Crippen LogP contribution is -2.45. The van der Waals surface area contributed by atoms with Crippen LogP contribution < -0.4 is 5.32 Å². The van der Waals surface area contributed by atoms with Crippen LogP contribution in [-0.2, 0) is 13.1 Å². The van der Waals surface area contributed by atoms with Crippen LogP contribution >= 0.6 is 11.6 Å². The highest BCUT2D eigenvalue weighted by molar-refractivity contribution is 6.31. The smallest absolute Gasteiger partial charge is 0.0534 e. The van der Waals surface area contributed by atoms with E-state index in [0.717, 1.165) is 37.7 Å². The van der Waals surface area contributed by atoms with Gasteiger partial charge in [0, 0.05) is 55.5 Å². The van der Waals surface area contributed by atoms with Crippen molar-refractivity contribution in [3.8, 4) is 0 Å². The molecule has 23 heavy (non-hydrogen) atoms. The quantitative estimate of drug-likeness (QED) is 0.911. The fourth-order valence-corrected chi connectivity index (χ4v) is 3.45. The Bertz CT molecular complexity index is 637. The Labute approximate surface area is 143 Å². The molecule has 124 valence electrons. The zero-order valence-electron chi connectivity index (χ0n) is 13.9. The summed E-state index contributed by atoms with van der Waals surface area (Å²) in [6.07, 6.45) is 4.17. The van der Waals surface area contributed by atoms with Crippen molar-refractivity contribution in [3.05, 3.63) is 52.8 Å². The van der Waals surface area contributed by atoms with Crippen LogP contribution in [0.15, 0.2) is 36.7 Å². The number of benzene rings is 1. The van der Waals surface area contributed by atoms with Crippen molar-refractivity contribution in [3.63, 3.8) is 0 Å². The molecule has 0 radical (unpaired) electrons. The van der Waals surface area contributed by atoms with Gasteiger partial charge >= 0.3 is 0 Å². The Hall–Kier alpha value is -1.36. The highest BCUT2D eigenvalue weighted by atomic mass is 35.5. The Morgan fingerprint density at radius 3 is 2.96 bits per heavy atom. The molecule has 5 heteroatoms. The van der Waals surface area contributed by atoms with Crippen LogP contribution in [0, 0.1) is 5.92 Å². The predicted octanol–water partition coefficient (Wildman–Crippen LogP) is 3.34. The Morgan fingerprint density at radius 1 is 1.35 bits per heavy atom. The standard InChI is InChI=1S/C18H25ClN4/c1-14(2)11-23-13-15(9-21-23)12-22-8-7-20-10-18(22)16-5-3-4-6-17(16)19/h3-6,9,13-14,18,20H,7-8,10-12H2,1-2H3. The lowest BCUT2D eigenvalue weighted by molar-refractivity contribution is 0.154. The van der Waals surface area contributed by atoms with Crippen LogP contribution in [0.2, 0.25) is 5.02 Å². The molecule has 3 rings (SSSR count). The maximum absolute atomic E-state index is 6.42. The number of aromatic nitrogens is 2. The summed E-state index contributed by atoms with van der Waals surface area (Å²) in [6.45, 7) is 9.28. The lowest BCUT2D eigenvalue weighted by Gasteiger charge is -2.36. The van der Waals surface area contributed by atoms with Gasteiger partial charge in [0.2, 0.25) is 0 Å². The van der Waals surface area contributed by atoms with Crippen LogP contribution in [0.3, 0.4) is 0 Å². The Balaban J connectivity index is 1.74. The SMILES string of the molecule is CC(C)Cn1cc(CN2CCNCC2c2ccccc2Cl)cn1. The first-order chi connectivity index (χ1) is 11.1. The molecule has 4 nitrogen and oxygen atoms in total. The van der Waals surface area contributed by atoms with Gasteiger partial charge in [0.25, 0.3) is 0 Å². The summed E-state index contributed by atoms with van der Waals surface area (Å²) in [5, 5.41) is 8.82. The summed E-state index contributed by atoms with van der Waals surface area (Å²) in [4.78, 5) is 2.49. The molecule has 1 fully saturated rings. The van der Waals surface area contributed by atoms with E-state index in [1.807, 2.05) is 23.0 Å². The van der Waals surface area contributed by atoms with Gasteiger partial charge in [-0.2, -0.15) is 5.10 Å². The molecule has 1 unspecified atom stereocenters. The van der Waals surface area contributed by atoms with Crippen molar-refractivity contribution in [1.82, 2.24) is 20.0 Å². The van der Waals surface area contributed by atoms with Crippen molar-refractivity contribution >= 4 is 11.6 Å². The van der Waals surface area contributed by atoms with Crippen molar-refractivity contribution < 1.29 is 0 Å². The first kappa shape index (κ1) is 16.5. The predicted molar refractivity (Wildman–Crippen MR) is 94.5 cm³/mol. The van der Waals surface area contributed by atoms with E-state index >= 15 is 0 Å². The molecular formula is C18H25ClN4. The molecule has 1 aromatic carbocycles. The maximum Gasteiger partial charge on any atom is 0.0534 e. The molecule has 1 aliphatic heterocycles. The van der Waals surface area contributed by atoms with Crippen LogP contribution in [0.4, 0.5) is 0 Å². The third kappa shape index (κ3) is 4.14. The third-order valence-electron chi connectivity index (χ3n) is 4.24. The van der Waals surface area contributed by atoms with E-state index in [1.54, 1.807) is 0 Å². The number of piperazine rings is 1. The number of nitrogens with one attached hydrogen (secondary N) is 1. The van der Waals surface area contributed by atoms with Gasteiger partial charge in [-0.15, -0.1) is 0 Å². The second-order valence-corrected chi connectivity index (χ2v) is 7.08. The van der Waals surface area contributed by atoms with E-state index in [4.69, 9.17) is 11.6 Å². The highest BCUT2D eigenvalue weighted by Crippen LogP contribution is 2.29. The number of nitrogens with zero attached hydrogens (tertiary/aromatic N) is 3. The van der Waals surface area contributed by atoms with Gasteiger partial charge in [-0.1, -0.05) is 43.6 Å². The minimum absolute atomic E-state index is 0.311. The number of rotatable bonds is 5. The average molecular weight is 333 g/mol. The van der Waals surface area contributed by atoms with Crippen LogP contribution in [0.25, 0.3) is 0 Å². The zero-order valence-corrected chi connectivity index (χ0v) is 14.6. The monoisotopic (exact) mass is 332 g/mol. The normalized spacial score (nSPS) is 19.4. The average Bonchev–Trinajstić information content (AvgIpc) is 2.95. The Morgan fingerprint density at radius 2 is 2.17 bits per heavy atom. The Kier molecular flexibility index (Phi) is 5.36. The minimum Gasteiger partial charge on any atom is -0.314 e. The molecule has 1 atom stereocenters. The van der Waals surface area contributed by atoms with E-state index in [9.17, 15) is 0 Å². The highest BCUT2D eigenvalue weighted by Gasteiger charge is 2.25. The minimum atomic E-state index is 0.311. The summed E-state index contributed by atoms with van der Waals surface area (Å²) in [7, 11) is 0. The van der Waals surface area contributed by atoms with Crippen molar-refractivity contribution in [2.45, 2.75) is 33.0 Å². The molecule has 0 amide bonds. The van der Waals surface area contributed by atoms with Crippen LogP contribution in [-0.4, -0.2) is 34.3 Å². The second kappa shape index (κ2) is 7.47. The van der Waals surface area contributed by atoms with E-state index in [2.05, 4.69) is 47.5 Å². The van der Waals surface area contributed by atoms with E-state index in [0.29, 0.717) is 12.0 Å². The van der Waals surface area contributed by atoms with E-state index in [1.165, 1.54) is 11.1 Å². The van der Waals surface area contributed by atoms with Gasteiger partial charge < -0.3 is 5.32 Å². The fraction of sp³-hybridized carbons (Fsp3) is 0.500. The molecule has 0 saturated carbocycles. The number of hydrogen-bond acceptors (Lipinski definition) is 3. The summed E-state index contributed by atoms with van der Waals surface area (Å²) in [5.74, 6) is 0.609. The summed E-state index contributed by atoms with van der Waals surface area (Å²) >= 11 is 6.42. The van der Waals surface area contributed by atoms with Crippen molar-refractivity contribution in [1.29, 1.82) is 0 Å². The van der Waals surface area contributed by atoms with Crippen LogP contribution in [0.1, 0.15) is 31.0 Å². The molecule has 0 spiro atoms. The van der Waals surface area contributed by atoms with Crippen molar-refractivity contribution in [2.75, 3.05) is 19.6 Å². The summed E-state index contributed by atoms with van der Waals surface area (Å²) in [5.41, 5.74) is 2.47. The molecule has 2 heterocycles. The molecule has 2 aromatic rings. The van der Waals surface area contributed by atoms with E-state index in [-0.39, 0.29) is 0 Å². The van der Waals surface area contributed by atoms with Crippen LogP contribution in [0.5, 0.6) is 0 Å². The third-order valence-corrected chi connectivity index (χ3v) is 4.59. The largest absolute Gasteiger partial charge is 0.314 e. The molecule has 0 bridgehead atoms.